The molecule has 1 amide bonds. The molecular weight excluding hydrogens is 739 g/mol. The Labute approximate surface area is 337 Å². The van der Waals surface area contributed by atoms with Crippen LogP contribution >= 0.6 is 0 Å². The summed E-state index contributed by atoms with van der Waals surface area (Å²) in [6.07, 6.45) is 3.81. The van der Waals surface area contributed by atoms with Gasteiger partial charge in [0.15, 0.2) is 23.7 Å². The summed E-state index contributed by atoms with van der Waals surface area (Å²) in [5.41, 5.74) is 2.76. The second-order valence-electron chi connectivity index (χ2n) is 17.5. The number of carbonyl (C=O) groups is 2. The van der Waals surface area contributed by atoms with Crippen LogP contribution in [-0.4, -0.2) is 92.9 Å². The van der Waals surface area contributed by atoms with E-state index in [0.717, 1.165) is 36.3 Å². The molecule has 58 heavy (non-hydrogen) atoms. The van der Waals surface area contributed by atoms with Crippen molar-refractivity contribution in [3.8, 4) is 23.3 Å². The zero-order valence-corrected chi connectivity index (χ0v) is 32.5. The second-order valence-corrected chi connectivity index (χ2v) is 17.5. The highest BCUT2D eigenvalue weighted by Gasteiger charge is 2.72. The van der Waals surface area contributed by atoms with Crippen LogP contribution in [0.25, 0.3) is 0 Å². The third-order valence-electron chi connectivity index (χ3n) is 13.4. The molecule has 2 aromatic carbocycles. The van der Waals surface area contributed by atoms with Gasteiger partial charge >= 0.3 is 5.97 Å². The molecule has 2 aliphatic carbocycles. The van der Waals surface area contributed by atoms with Crippen LogP contribution in [0.15, 0.2) is 85.2 Å². The molecule has 2 aromatic heterocycles. The number of fused-ring (bicyclic) bond motifs is 4. The van der Waals surface area contributed by atoms with Gasteiger partial charge in [-0.1, -0.05) is 48.5 Å². The van der Waals surface area contributed by atoms with Gasteiger partial charge < -0.3 is 34.5 Å². The van der Waals surface area contributed by atoms with Gasteiger partial charge in [-0.2, -0.15) is 0 Å². The van der Waals surface area contributed by atoms with Crippen LogP contribution < -0.4 is 24.3 Å². The Morgan fingerprint density at radius 3 is 1.91 bits per heavy atom. The molecule has 4 fully saturated rings. The average Bonchev–Trinajstić information content (AvgIpc) is 3.88. The highest BCUT2D eigenvalue weighted by Crippen LogP contribution is 2.67. The van der Waals surface area contributed by atoms with Crippen molar-refractivity contribution in [2.24, 2.45) is 29.1 Å². The first-order valence-corrected chi connectivity index (χ1v) is 20.5. The standard InChI is InChI=1S/C45H49N5O8/c1-44(54,25-45-26-50(22-33(45)39(45)43(52)53)19-28-8-12-30(13-9-28)37-24-56-35-5-3-17-47-42(35)58-37)15-14-38(51)48-40-31-20-49(21-32(31)40)18-27-6-10-29(11-7-27)36-23-55-34-4-2-16-46-41(34)57-36/h2-13,16-17,31-33,36-37,39-40,54H,14-15,18-26H2,1H3,(H,48,51)(H,52,53)/t31-,32-,33+,36-,37-,39+,44+,45+/m1/s1. The Balaban J connectivity index is 0.667. The fourth-order valence-corrected chi connectivity index (χ4v) is 10.4. The van der Waals surface area contributed by atoms with E-state index in [-0.39, 0.29) is 36.5 Å². The minimum absolute atomic E-state index is 0.0205. The van der Waals surface area contributed by atoms with Crippen LogP contribution in [0.4, 0.5) is 0 Å². The lowest BCUT2D eigenvalue weighted by Crippen LogP contribution is -2.37. The van der Waals surface area contributed by atoms with Crippen molar-refractivity contribution in [2.45, 2.75) is 63.1 Å². The molecule has 13 heteroatoms. The molecule has 4 aromatic rings. The summed E-state index contributed by atoms with van der Waals surface area (Å²) in [6, 6.07) is 24.3. The van der Waals surface area contributed by atoms with Crippen LogP contribution in [0.1, 0.15) is 60.6 Å². The van der Waals surface area contributed by atoms with Crippen molar-refractivity contribution >= 4 is 11.9 Å². The molecule has 302 valence electrons. The summed E-state index contributed by atoms with van der Waals surface area (Å²) in [6.45, 7) is 7.31. The largest absolute Gasteiger partial charge is 0.484 e. The smallest absolute Gasteiger partial charge is 0.307 e. The highest BCUT2D eigenvalue weighted by molar-refractivity contribution is 5.77. The zero-order valence-electron chi connectivity index (χ0n) is 32.5. The number of piperidine rings is 2. The number of hydrogen-bond donors (Lipinski definition) is 3. The van der Waals surface area contributed by atoms with E-state index in [0.29, 0.717) is 80.8 Å². The minimum Gasteiger partial charge on any atom is -0.484 e. The SMILES string of the molecule is C[C@](O)(CCC(=O)NC1[C@@H]2CN(Cc3ccc([C@H]4COc5cccnc5O4)cc3)C[C@@H]12)C[C@]12CN(Cc3ccc([C@H]4COc5cccnc5O4)cc3)C[C@H]1[C@H]2C(=O)O. The molecule has 10 rings (SSSR count). The number of ether oxygens (including phenoxy) is 4. The van der Waals surface area contributed by atoms with E-state index in [4.69, 9.17) is 18.9 Å². The van der Waals surface area contributed by atoms with Crippen molar-refractivity contribution in [1.29, 1.82) is 0 Å². The first-order valence-electron chi connectivity index (χ1n) is 20.5. The Hall–Kier alpha value is -5.24. The topological polar surface area (TPSA) is 156 Å². The number of carbonyl (C=O) groups excluding carboxylic acids is 1. The Morgan fingerprint density at radius 2 is 1.36 bits per heavy atom. The second kappa shape index (κ2) is 14.5. The fourth-order valence-electron chi connectivity index (χ4n) is 10.4. The van der Waals surface area contributed by atoms with Crippen molar-refractivity contribution in [2.75, 3.05) is 39.4 Å². The molecule has 0 radical (unpaired) electrons. The van der Waals surface area contributed by atoms with E-state index in [1.165, 1.54) is 5.56 Å². The monoisotopic (exact) mass is 787 g/mol. The molecule has 8 atom stereocenters. The molecule has 13 nitrogen and oxygen atoms in total. The van der Waals surface area contributed by atoms with Crippen LogP contribution in [0.5, 0.6) is 23.3 Å². The van der Waals surface area contributed by atoms with Crippen LogP contribution in [0, 0.1) is 29.1 Å². The van der Waals surface area contributed by atoms with E-state index in [1.54, 1.807) is 19.3 Å². The summed E-state index contributed by atoms with van der Waals surface area (Å²) < 4.78 is 23.8. The number of likely N-dealkylation sites (tertiary alicyclic amines) is 2. The van der Waals surface area contributed by atoms with Gasteiger partial charge in [0.2, 0.25) is 5.91 Å². The maximum absolute atomic E-state index is 13.1. The summed E-state index contributed by atoms with van der Waals surface area (Å²) in [5, 5.41) is 24.9. The Bertz CT molecular complexity index is 2170. The first-order chi connectivity index (χ1) is 28.1. The van der Waals surface area contributed by atoms with Crippen molar-refractivity contribution in [1.82, 2.24) is 25.1 Å². The average molecular weight is 788 g/mol. The number of aromatic nitrogens is 2. The van der Waals surface area contributed by atoms with Crippen molar-refractivity contribution in [3.05, 3.63) is 107 Å². The predicted octanol–water partition coefficient (Wildman–Crippen LogP) is 4.80. The van der Waals surface area contributed by atoms with Gasteiger partial charge in [0.05, 0.1) is 11.5 Å². The molecule has 3 N–H and O–H groups in total. The zero-order chi connectivity index (χ0) is 39.6. The van der Waals surface area contributed by atoms with E-state index in [1.807, 2.05) is 36.4 Å². The summed E-state index contributed by atoms with van der Waals surface area (Å²) in [7, 11) is 0. The molecule has 2 saturated heterocycles. The maximum Gasteiger partial charge on any atom is 0.307 e. The lowest BCUT2D eigenvalue weighted by atomic mass is 9.84. The van der Waals surface area contributed by atoms with Crippen molar-refractivity contribution in [3.63, 3.8) is 0 Å². The molecule has 6 heterocycles. The van der Waals surface area contributed by atoms with Gasteiger partial charge in [0.25, 0.3) is 11.8 Å². The van der Waals surface area contributed by atoms with E-state index in [9.17, 15) is 19.8 Å². The fraction of sp³-hybridized carbons (Fsp3) is 0.467. The van der Waals surface area contributed by atoms with E-state index in [2.05, 4.69) is 61.5 Å². The number of amides is 1. The number of pyridine rings is 2. The lowest BCUT2D eigenvalue weighted by Gasteiger charge is -2.30. The number of aliphatic hydroxyl groups is 1. The van der Waals surface area contributed by atoms with Gasteiger partial charge in [0.1, 0.15) is 13.2 Å². The van der Waals surface area contributed by atoms with Gasteiger partial charge in [0, 0.05) is 69.5 Å². The normalized spacial score (nSPS) is 30.1. The number of aliphatic carboxylic acids is 1. The number of benzene rings is 2. The lowest BCUT2D eigenvalue weighted by molar-refractivity contribution is -0.140. The number of rotatable bonds is 13. The Morgan fingerprint density at radius 1 is 0.810 bits per heavy atom. The molecule has 2 saturated carbocycles. The summed E-state index contributed by atoms with van der Waals surface area (Å²) >= 11 is 0. The molecule has 6 aliphatic rings. The number of hydrogen-bond acceptors (Lipinski definition) is 11. The Kier molecular flexibility index (Phi) is 9.29. The van der Waals surface area contributed by atoms with Crippen LogP contribution in [-0.2, 0) is 22.7 Å². The van der Waals surface area contributed by atoms with Gasteiger partial charge in [-0.3, -0.25) is 19.4 Å². The summed E-state index contributed by atoms with van der Waals surface area (Å²) in [4.78, 5) is 38.7. The number of carboxylic acid groups (broad SMARTS) is 1. The first kappa shape index (κ1) is 37.1. The van der Waals surface area contributed by atoms with Gasteiger partial charge in [-0.05, 0) is 84.0 Å². The van der Waals surface area contributed by atoms with E-state index < -0.39 is 22.9 Å². The van der Waals surface area contributed by atoms with Crippen molar-refractivity contribution < 1.29 is 38.7 Å². The molecule has 0 spiro atoms. The quantitative estimate of drug-likeness (QED) is 0.171. The van der Waals surface area contributed by atoms with E-state index >= 15 is 0 Å². The molecule has 4 aliphatic heterocycles. The third kappa shape index (κ3) is 7.24. The highest BCUT2D eigenvalue weighted by atomic mass is 16.6. The predicted molar refractivity (Wildman–Crippen MR) is 210 cm³/mol. The van der Waals surface area contributed by atoms with Gasteiger partial charge in [-0.15, -0.1) is 0 Å². The van der Waals surface area contributed by atoms with Gasteiger partial charge in [-0.25, -0.2) is 9.97 Å². The van der Waals surface area contributed by atoms with Crippen LogP contribution in [0.2, 0.25) is 0 Å². The molecule has 0 bridgehead atoms. The maximum atomic E-state index is 13.1. The molecular formula is C45H49N5O8. The third-order valence-corrected chi connectivity index (χ3v) is 13.4. The number of carboxylic acids is 1. The van der Waals surface area contributed by atoms with Crippen LogP contribution in [0.3, 0.4) is 0 Å². The summed E-state index contributed by atoms with van der Waals surface area (Å²) in [5.74, 6) is 1.88. The minimum atomic E-state index is -1.16. The molecule has 0 unspecified atom stereocenters. The number of nitrogens with zero attached hydrogens (tertiary/aromatic N) is 4. The number of nitrogens with one attached hydrogen (secondary N) is 1.